The SMILES string of the molecule is C[C@H](N[C@H](CC[C]1[CH][CH][CH][CH]1)[C]1[CH][CH][CH][CH]1)c1cccc2ccccc12. The molecule has 1 nitrogen and oxygen atoms in total. The van der Waals surface area contributed by atoms with E-state index in [9.17, 15) is 0 Å². The van der Waals surface area contributed by atoms with E-state index < -0.39 is 0 Å². The zero-order valence-corrected chi connectivity index (χ0v) is 15.2. The van der Waals surface area contributed by atoms with Crippen LogP contribution in [0.2, 0.25) is 0 Å². The summed E-state index contributed by atoms with van der Waals surface area (Å²) in [6.45, 7) is 2.28. The third-order valence-electron chi connectivity index (χ3n) is 5.29. The minimum absolute atomic E-state index is 0.292. The average molecular weight is 339 g/mol. The number of hydrogen-bond donors (Lipinski definition) is 1. The van der Waals surface area contributed by atoms with Crippen molar-refractivity contribution >= 4 is 10.8 Å². The molecule has 2 aromatic carbocycles. The summed E-state index contributed by atoms with van der Waals surface area (Å²) >= 11 is 0. The van der Waals surface area contributed by atoms with Crippen LogP contribution >= 0.6 is 0 Å². The zero-order valence-electron chi connectivity index (χ0n) is 15.2. The van der Waals surface area contributed by atoms with E-state index in [1.807, 2.05) is 0 Å². The Kier molecular flexibility index (Phi) is 5.94. The predicted octanol–water partition coefficient (Wildman–Crippen LogP) is 5.45. The van der Waals surface area contributed by atoms with Crippen molar-refractivity contribution in [1.82, 2.24) is 5.32 Å². The molecule has 0 amide bonds. The van der Waals surface area contributed by atoms with Crippen molar-refractivity contribution in [2.45, 2.75) is 31.8 Å². The minimum Gasteiger partial charge on any atom is -0.307 e. The van der Waals surface area contributed by atoms with Crippen molar-refractivity contribution in [3.63, 3.8) is 0 Å². The number of rotatable bonds is 7. The molecule has 1 N–H and O–H groups in total. The van der Waals surface area contributed by atoms with Gasteiger partial charge in [-0.15, -0.1) is 0 Å². The lowest BCUT2D eigenvalue weighted by Gasteiger charge is -2.29. The van der Waals surface area contributed by atoms with E-state index in [1.165, 1.54) is 28.2 Å². The average Bonchev–Trinajstić information content (AvgIpc) is 3.38. The first kappa shape index (κ1) is 18.0. The van der Waals surface area contributed by atoms with Gasteiger partial charge in [-0.05, 0) is 93.4 Å². The van der Waals surface area contributed by atoms with Gasteiger partial charge < -0.3 is 5.32 Å². The van der Waals surface area contributed by atoms with Crippen molar-refractivity contribution in [3.05, 3.63) is 111 Å². The molecule has 1 heteroatoms. The molecule has 2 aliphatic rings. The fourth-order valence-corrected chi connectivity index (χ4v) is 3.88. The molecule has 2 atom stereocenters. The van der Waals surface area contributed by atoms with Gasteiger partial charge in [-0.25, -0.2) is 0 Å². The van der Waals surface area contributed by atoms with Crippen molar-refractivity contribution in [3.8, 4) is 0 Å². The first-order valence-corrected chi connectivity index (χ1v) is 9.47. The van der Waals surface area contributed by atoms with Crippen LogP contribution in [0.25, 0.3) is 10.8 Å². The Hall–Kier alpha value is -1.34. The maximum absolute atomic E-state index is 3.89. The van der Waals surface area contributed by atoms with Gasteiger partial charge in [-0.2, -0.15) is 0 Å². The first-order valence-electron chi connectivity index (χ1n) is 9.47. The largest absolute Gasteiger partial charge is 0.307 e. The van der Waals surface area contributed by atoms with Crippen molar-refractivity contribution in [1.29, 1.82) is 0 Å². The Balaban J connectivity index is 1.48. The molecule has 0 aromatic heterocycles. The molecule has 2 saturated carbocycles. The Morgan fingerprint density at radius 2 is 1.50 bits per heavy atom. The van der Waals surface area contributed by atoms with E-state index >= 15 is 0 Å². The van der Waals surface area contributed by atoms with Gasteiger partial charge in [0.2, 0.25) is 0 Å². The third-order valence-corrected chi connectivity index (χ3v) is 5.29. The molecule has 0 aliphatic heterocycles. The highest BCUT2D eigenvalue weighted by Crippen LogP contribution is 2.34. The zero-order chi connectivity index (χ0) is 17.8. The van der Waals surface area contributed by atoms with Gasteiger partial charge in [-0.3, -0.25) is 0 Å². The second-order valence-corrected chi connectivity index (χ2v) is 7.06. The summed E-state index contributed by atoms with van der Waals surface area (Å²) in [4.78, 5) is 0. The van der Waals surface area contributed by atoms with Gasteiger partial charge in [0.1, 0.15) is 0 Å². The molecule has 0 saturated heterocycles. The molecule has 0 spiro atoms. The molecule has 2 aromatic rings. The van der Waals surface area contributed by atoms with Gasteiger partial charge in [-0.1, -0.05) is 42.5 Å². The molecule has 0 heterocycles. The molecule has 26 heavy (non-hydrogen) atoms. The maximum Gasteiger partial charge on any atom is 0.0300 e. The van der Waals surface area contributed by atoms with E-state index in [0.29, 0.717) is 12.1 Å². The second kappa shape index (κ2) is 8.57. The quantitative estimate of drug-likeness (QED) is 0.707. The highest BCUT2D eigenvalue weighted by molar-refractivity contribution is 5.86. The monoisotopic (exact) mass is 339 g/mol. The van der Waals surface area contributed by atoms with Crippen molar-refractivity contribution < 1.29 is 0 Å². The van der Waals surface area contributed by atoms with Crippen LogP contribution in [0.1, 0.15) is 31.4 Å². The number of benzene rings is 2. The second-order valence-electron chi connectivity index (χ2n) is 7.06. The Morgan fingerprint density at radius 3 is 2.31 bits per heavy atom. The number of fused-ring (bicyclic) bond motifs is 1. The van der Waals surface area contributed by atoms with Crippen LogP contribution in [0, 0.1) is 63.2 Å². The Morgan fingerprint density at radius 1 is 0.808 bits per heavy atom. The fourth-order valence-electron chi connectivity index (χ4n) is 3.88. The third kappa shape index (κ3) is 4.14. The Bertz CT molecular complexity index is 689. The summed E-state index contributed by atoms with van der Waals surface area (Å²) < 4.78 is 0. The molecule has 2 aliphatic carbocycles. The van der Waals surface area contributed by atoms with E-state index in [1.54, 1.807) is 0 Å². The smallest absolute Gasteiger partial charge is 0.0300 e. The maximum atomic E-state index is 3.89. The van der Waals surface area contributed by atoms with Crippen molar-refractivity contribution in [2.24, 2.45) is 0 Å². The standard InChI is InChI=1S/C25H25N/c1-19(23-16-8-14-21-11-6-7-15-24(21)23)26-25(22-12-4-5-13-22)18-17-20-9-2-3-10-20/h2-16,19,25-26H,17-18H2,1H3/t19-,25+/m0/s1. The highest BCUT2D eigenvalue weighted by Gasteiger charge is 2.29. The van der Waals surface area contributed by atoms with Crippen LogP contribution in [0.15, 0.2) is 42.5 Å². The normalized spacial score (nSPS) is 21.4. The molecule has 130 valence electrons. The molecule has 0 bridgehead atoms. The molecular formula is C25H25N. The summed E-state index contributed by atoms with van der Waals surface area (Å²) in [7, 11) is 0. The van der Waals surface area contributed by atoms with E-state index in [-0.39, 0.29) is 0 Å². The predicted molar refractivity (Wildman–Crippen MR) is 109 cm³/mol. The minimum atomic E-state index is 0.292. The number of nitrogens with one attached hydrogen (secondary N) is 1. The van der Waals surface area contributed by atoms with Crippen LogP contribution in [0.5, 0.6) is 0 Å². The van der Waals surface area contributed by atoms with Crippen LogP contribution < -0.4 is 5.32 Å². The summed E-state index contributed by atoms with van der Waals surface area (Å²) in [5.41, 5.74) is 1.37. The lowest BCUT2D eigenvalue weighted by Crippen LogP contribution is -2.36. The van der Waals surface area contributed by atoms with Gasteiger partial charge in [0.15, 0.2) is 0 Å². The van der Waals surface area contributed by atoms with Gasteiger partial charge >= 0.3 is 0 Å². The lowest BCUT2D eigenvalue weighted by molar-refractivity contribution is 0.451. The van der Waals surface area contributed by atoms with Gasteiger partial charge in [0.25, 0.3) is 0 Å². The van der Waals surface area contributed by atoms with Crippen LogP contribution in [-0.2, 0) is 0 Å². The summed E-state index contributed by atoms with van der Waals surface area (Å²) in [5.74, 6) is 2.80. The summed E-state index contributed by atoms with van der Waals surface area (Å²) in [6.07, 6.45) is 19.6. The first-order chi connectivity index (χ1) is 12.8. The van der Waals surface area contributed by atoms with E-state index in [4.69, 9.17) is 0 Å². The van der Waals surface area contributed by atoms with Gasteiger partial charge in [0, 0.05) is 18.0 Å². The van der Waals surface area contributed by atoms with Gasteiger partial charge in [0.05, 0.1) is 0 Å². The molecule has 10 radical (unpaired) electrons. The summed E-state index contributed by atoms with van der Waals surface area (Å²) in [5, 5.41) is 6.54. The van der Waals surface area contributed by atoms with Crippen LogP contribution in [-0.4, -0.2) is 6.04 Å². The topological polar surface area (TPSA) is 12.0 Å². The number of hydrogen-bond acceptors (Lipinski definition) is 1. The molecule has 0 unspecified atom stereocenters. The molecule has 4 rings (SSSR count). The molecular weight excluding hydrogens is 314 g/mol. The van der Waals surface area contributed by atoms with Crippen LogP contribution in [0.3, 0.4) is 0 Å². The van der Waals surface area contributed by atoms with Crippen molar-refractivity contribution in [2.75, 3.05) is 0 Å². The molecule has 2 fully saturated rings. The van der Waals surface area contributed by atoms with E-state index in [2.05, 4.69) is 106 Å². The lowest BCUT2D eigenvalue weighted by atomic mass is 9.88. The van der Waals surface area contributed by atoms with E-state index in [0.717, 1.165) is 12.8 Å². The highest BCUT2D eigenvalue weighted by atomic mass is 15.0. The fraction of sp³-hybridized carbons (Fsp3) is 0.200. The van der Waals surface area contributed by atoms with Crippen LogP contribution in [0.4, 0.5) is 0 Å². The Labute approximate surface area is 159 Å². The summed E-state index contributed by atoms with van der Waals surface area (Å²) in [6, 6.07) is 15.9.